The topological polar surface area (TPSA) is 70.2 Å². The van der Waals surface area contributed by atoms with Crippen molar-refractivity contribution in [1.82, 2.24) is 10.6 Å². The summed E-state index contributed by atoms with van der Waals surface area (Å²) in [6.45, 7) is 1.75. The average molecular weight is 332 g/mol. The lowest BCUT2D eigenvalue weighted by Gasteiger charge is -2.15. The fourth-order valence-corrected chi connectivity index (χ4v) is 2.21. The summed E-state index contributed by atoms with van der Waals surface area (Å²) < 4.78 is 0. The molecule has 6 heteroatoms. The Labute approximate surface area is 140 Å². The van der Waals surface area contributed by atoms with E-state index in [0.29, 0.717) is 10.7 Å². The van der Waals surface area contributed by atoms with E-state index < -0.39 is 6.03 Å². The maximum atomic E-state index is 11.9. The van der Waals surface area contributed by atoms with E-state index in [2.05, 4.69) is 16.0 Å². The highest BCUT2D eigenvalue weighted by molar-refractivity contribution is 6.30. The van der Waals surface area contributed by atoms with E-state index >= 15 is 0 Å². The molecule has 0 heterocycles. The van der Waals surface area contributed by atoms with Gasteiger partial charge in [-0.1, -0.05) is 41.9 Å². The molecule has 120 valence electrons. The van der Waals surface area contributed by atoms with Crippen molar-refractivity contribution < 1.29 is 9.59 Å². The van der Waals surface area contributed by atoms with Crippen LogP contribution in [0.15, 0.2) is 54.6 Å². The second kappa shape index (κ2) is 8.19. The lowest BCUT2D eigenvalue weighted by atomic mass is 10.1. The third kappa shape index (κ3) is 5.64. The lowest BCUT2D eigenvalue weighted by Crippen LogP contribution is -2.39. The van der Waals surface area contributed by atoms with Gasteiger partial charge in [0.25, 0.3) is 0 Å². The predicted molar refractivity (Wildman–Crippen MR) is 91.5 cm³/mol. The third-order valence-electron chi connectivity index (χ3n) is 3.17. The summed E-state index contributed by atoms with van der Waals surface area (Å²) in [4.78, 5) is 23.6. The number of para-hydroxylation sites is 1. The Morgan fingerprint density at radius 1 is 1.09 bits per heavy atom. The Morgan fingerprint density at radius 2 is 1.83 bits per heavy atom. The van der Waals surface area contributed by atoms with Crippen molar-refractivity contribution in [2.45, 2.75) is 13.0 Å². The molecule has 0 unspecified atom stereocenters. The Morgan fingerprint density at radius 3 is 2.52 bits per heavy atom. The van der Waals surface area contributed by atoms with Crippen LogP contribution in [0.25, 0.3) is 0 Å². The molecule has 1 atom stereocenters. The van der Waals surface area contributed by atoms with Crippen molar-refractivity contribution in [3.05, 3.63) is 65.2 Å². The molecule has 0 aliphatic carbocycles. The maximum Gasteiger partial charge on any atom is 0.319 e. The molecule has 0 saturated heterocycles. The van der Waals surface area contributed by atoms with E-state index in [1.165, 1.54) is 0 Å². The first-order valence-corrected chi connectivity index (χ1v) is 7.57. The van der Waals surface area contributed by atoms with Gasteiger partial charge in [-0.05, 0) is 36.8 Å². The van der Waals surface area contributed by atoms with Crippen molar-refractivity contribution in [2.75, 3.05) is 11.9 Å². The van der Waals surface area contributed by atoms with Gasteiger partial charge in [0.2, 0.25) is 5.91 Å². The molecule has 0 spiro atoms. The average Bonchev–Trinajstić information content (AvgIpc) is 2.54. The molecule has 2 aromatic carbocycles. The minimum Gasteiger partial charge on any atom is -0.348 e. The van der Waals surface area contributed by atoms with Crippen LogP contribution in [0.1, 0.15) is 18.5 Å². The molecule has 3 N–H and O–H groups in total. The van der Waals surface area contributed by atoms with Gasteiger partial charge < -0.3 is 16.0 Å². The Kier molecular flexibility index (Phi) is 6.00. The number of urea groups is 1. The molecule has 0 aromatic heterocycles. The molecular formula is C17H18ClN3O2. The largest absolute Gasteiger partial charge is 0.348 e. The van der Waals surface area contributed by atoms with Gasteiger partial charge in [0.15, 0.2) is 0 Å². The van der Waals surface area contributed by atoms with Crippen LogP contribution in [0.4, 0.5) is 10.5 Å². The normalized spacial score (nSPS) is 11.4. The van der Waals surface area contributed by atoms with Crippen molar-refractivity contribution >= 4 is 29.2 Å². The molecule has 0 saturated carbocycles. The first-order chi connectivity index (χ1) is 11.0. The molecule has 0 bridgehead atoms. The Balaban J connectivity index is 1.77. The number of hydrogen-bond donors (Lipinski definition) is 3. The molecule has 0 fully saturated rings. The van der Waals surface area contributed by atoms with Crippen LogP contribution in [0.2, 0.25) is 5.02 Å². The summed E-state index contributed by atoms with van der Waals surface area (Å²) in [7, 11) is 0. The van der Waals surface area contributed by atoms with E-state index in [0.717, 1.165) is 5.56 Å². The minimum atomic E-state index is -0.429. The molecular weight excluding hydrogens is 314 g/mol. The van der Waals surface area contributed by atoms with Gasteiger partial charge in [0.1, 0.15) is 0 Å². The van der Waals surface area contributed by atoms with Gasteiger partial charge in [-0.2, -0.15) is 0 Å². The first-order valence-electron chi connectivity index (χ1n) is 7.19. The van der Waals surface area contributed by atoms with Gasteiger partial charge in [0, 0.05) is 10.7 Å². The fraction of sp³-hybridized carbons (Fsp3) is 0.176. The highest BCUT2D eigenvalue weighted by Crippen LogP contribution is 2.17. The number of hydrogen-bond acceptors (Lipinski definition) is 2. The molecule has 0 aliphatic rings. The lowest BCUT2D eigenvalue weighted by molar-refractivity contribution is -0.120. The zero-order valence-electron chi connectivity index (χ0n) is 12.7. The molecule has 3 amide bonds. The number of benzene rings is 2. The Bertz CT molecular complexity index is 677. The summed E-state index contributed by atoms with van der Waals surface area (Å²) in [6.07, 6.45) is 0. The standard InChI is InChI=1S/C17H18ClN3O2/c1-12(13-6-5-7-14(18)10-13)20-16(22)11-19-17(23)21-15-8-3-2-4-9-15/h2-10,12H,11H2,1H3,(H,20,22)(H2,19,21,23)/t12-/m0/s1. The van der Waals surface area contributed by atoms with Gasteiger partial charge in [-0.3, -0.25) is 4.79 Å². The number of carbonyl (C=O) groups excluding carboxylic acids is 2. The van der Waals surface area contributed by atoms with Crippen molar-refractivity contribution in [3.8, 4) is 0 Å². The van der Waals surface area contributed by atoms with Crippen LogP contribution in [0.5, 0.6) is 0 Å². The summed E-state index contributed by atoms with van der Waals surface area (Å²) in [5.74, 6) is -0.277. The summed E-state index contributed by atoms with van der Waals surface area (Å²) in [5, 5.41) is 8.57. The number of halogens is 1. The van der Waals surface area contributed by atoms with Crippen LogP contribution >= 0.6 is 11.6 Å². The van der Waals surface area contributed by atoms with E-state index in [-0.39, 0.29) is 18.5 Å². The molecule has 5 nitrogen and oxygen atoms in total. The third-order valence-corrected chi connectivity index (χ3v) is 3.40. The monoisotopic (exact) mass is 331 g/mol. The highest BCUT2D eigenvalue weighted by Gasteiger charge is 2.11. The van der Waals surface area contributed by atoms with E-state index in [1.54, 1.807) is 24.3 Å². The van der Waals surface area contributed by atoms with E-state index in [1.807, 2.05) is 37.3 Å². The van der Waals surface area contributed by atoms with Gasteiger partial charge >= 0.3 is 6.03 Å². The number of rotatable bonds is 5. The number of nitrogens with one attached hydrogen (secondary N) is 3. The summed E-state index contributed by atoms with van der Waals surface area (Å²) in [5.41, 5.74) is 1.57. The molecule has 2 rings (SSSR count). The molecule has 23 heavy (non-hydrogen) atoms. The number of anilines is 1. The quantitative estimate of drug-likeness (QED) is 0.786. The highest BCUT2D eigenvalue weighted by atomic mass is 35.5. The van der Waals surface area contributed by atoms with Crippen molar-refractivity contribution in [2.24, 2.45) is 0 Å². The van der Waals surface area contributed by atoms with E-state index in [4.69, 9.17) is 11.6 Å². The van der Waals surface area contributed by atoms with Crippen LogP contribution in [0, 0.1) is 0 Å². The molecule has 2 aromatic rings. The first kappa shape index (κ1) is 16.8. The predicted octanol–water partition coefficient (Wildman–Crippen LogP) is 3.34. The maximum absolute atomic E-state index is 11.9. The minimum absolute atomic E-state index is 0.108. The second-order valence-electron chi connectivity index (χ2n) is 5.02. The molecule has 0 aliphatic heterocycles. The fourth-order valence-electron chi connectivity index (χ4n) is 2.01. The van der Waals surface area contributed by atoms with E-state index in [9.17, 15) is 9.59 Å². The van der Waals surface area contributed by atoms with Crippen molar-refractivity contribution in [3.63, 3.8) is 0 Å². The summed E-state index contributed by atoms with van der Waals surface area (Å²) >= 11 is 5.93. The smallest absolute Gasteiger partial charge is 0.319 e. The zero-order valence-corrected chi connectivity index (χ0v) is 13.4. The van der Waals surface area contributed by atoms with Crippen LogP contribution < -0.4 is 16.0 Å². The van der Waals surface area contributed by atoms with Gasteiger partial charge in [-0.15, -0.1) is 0 Å². The Hall–Kier alpha value is -2.53. The van der Waals surface area contributed by atoms with Crippen LogP contribution in [-0.2, 0) is 4.79 Å². The summed E-state index contributed by atoms with van der Waals surface area (Å²) in [6, 6.07) is 15.7. The number of carbonyl (C=O) groups is 2. The van der Waals surface area contributed by atoms with Crippen LogP contribution in [-0.4, -0.2) is 18.5 Å². The van der Waals surface area contributed by atoms with Crippen LogP contribution in [0.3, 0.4) is 0 Å². The van der Waals surface area contributed by atoms with Gasteiger partial charge in [0.05, 0.1) is 12.6 Å². The molecule has 0 radical (unpaired) electrons. The number of amides is 3. The second-order valence-corrected chi connectivity index (χ2v) is 5.45. The SMILES string of the molecule is C[C@H](NC(=O)CNC(=O)Nc1ccccc1)c1cccc(Cl)c1. The van der Waals surface area contributed by atoms with Crippen molar-refractivity contribution in [1.29, 1.82) is 0 Å². The van der Waals surface area contributed by atoms with Gasteiger partial charge in [-0.25, -0.2) is 4.79 Å². The zero-order chi connectivity index (χ0) is 16.7.